The lowest BCUT2D eigenvalue weighted by atomic mass is 10.1. The number of nitrogens with one attached hydrogen (secondary N) is 2. The van der Waals surface area contributed by atoms with Gasteiger partial charge in [0.15, 0.2) is 32.7 Å². The fourth-order valence-corrected chi connectivity index (χ4v) is 14.4. The van der Waals surface area contributed by atoms with Crippen LogP contribution in [0.4, 0.5) is 11.4 Å². The fraction of sp³-hybridized carbons (Fsp3) is 0.462. The molecule has 4 aromatic heterocycles. The van der Waals surface area contributed by atoms with Crippen LogP contribution in [0.5, 0.6) is 29.0 Å². The minimum Gasteiger partial charge on any atom is -0.505 e. The summed E-state index contributed by atoms with van der Waals surface area (Å²) in [4.78, 5) is 25.0. The Bertz CT molecular complexity index is 3760. The van der Waals surface area contributed by atoms with Crippen molar-refractivity contribution in [2.24, 2.45) is 11.8 Å². The molecule has 5 unspecified atom stereocenters. The number of hydrogen-bond donors (Lipinski definition) is 5. The molecule has 5 aliphatic carbocycles. The van der Waals surface area contributed by atoms with Gasteiger partial charge < -0.3 is 36.3 Å². The second-order valence-electron chi connectivity index (χ2n) is 23.8. The fourth-order valence-electron chi connectivity index (χ4n) is 11.6. The summed E-state index contributed by atoms with van der Waals surface area (Å²) in [7, 11) is 0. The number of nitrogens with zero attached hydrogens (tertiary/aromatic N) is 10. The number of Topliss-reactive ketones (excluding diaryl/α,β-unsaturated/α-hetero) is 1. The van der Waals surface area contributed by atoms with Crippen LogP contribution < -0.4 is 31.8 Å². The third-order valence-corrected chi connectivity index (χ3v) is 19.5. The van der Waals surface area contributed by atoms with Gasteiger partial charge in [0.1, 0.15) is 5.78 Å². The first-order chi connectivity index (χ1) is 45.2. The number of phenols is 1. The smallest absolute Gasteiger partial charge is 0.268 e. The number of ether oxygens (including phenoxy) is 2. The third kappa shape index (κ3) is 22.0. The third-order valence-electron chi connectivity index (χ3n) is 16.6. The topological polar surface area (TPSA) is 272 Å². The first-order valence-corrected chi connectivity index (χ1v) is 35.3. The van der Waals surface area contributed by atoms with E-state index in [2.05, 4.69) is 88.1 Å². The maximum absolute atomic E-state index is 11.9. The summed E-state index contributed by atoms with van der Waals surface area (Å²) in [5, 5.41) is 50.7. The van der Waals surface area contributed by atoms with E-state index in [-0.39, 0.29) is 37.8 Å². The Kier molecular flexibility index (Phi) is 30.3. The molecule has 0 amide bonds. The lowest BCUT2D eigenvalue weighted by Gasteiger charge is -2.22. The molecular weight excluding hydrogens is 1450 g/mol. The molecule has 7 aromatic rings. The molecule has 7 aliphatic rings. The van der Waals surface area contributed by atoms with Crippen molar-refractivity contribution < 1.29 is 19.4 Å². The van der Waals surface area contributed by atoms with Crippen LogP contribution in [-0.2, 0) is 24.1 Å². The van der Waals surface area contributed by atoms with Gasteiger partial charge in [-0.15, -0.1) is 45.9 Å². The number of hydrogen-bond acceptors (Lipinski definition) is 18. The SMILES string of the molecule is C1CCNC1.CC1CCC=C1N1CCCC1.CC1CCCC1=O.CC1CCc2c(Cl)nnc(Cl)c21.CC1CCc2c(Oc3c(Cl)cc(N)cc3Cl)nnc(Cl)c21.Cc1cc(Cl)c(Oc2n[nH]c(=O)c3c2CCC3C)c(Cl)c1.Clc1nnc(Cl)nn1.Nc1cc(Cl)c(O)c(Cl)c1. The van der Waals surface area contributed by atoms with Gasteiger partial charge in [0.05, 0.1) is 30.1 Å². The van der Waals surface area contributed by atoms with Gasteiger partial charge in [-0.25, -0.2) is 5.10 Å². The number of nitrogen functional groups attached to an aromatic ring is 2. The number of aryl methyl sites for hydroxylation is 1. The monoisotopic (exact) mass is 1520 g/mol. The zero-order chi connectivity index (χ0) is 69.2. The molecule has 14 rings (SSSR count). The highest BCUT2D eigenvalue weighted by Crippen LogP contribution is 2.46. The molecule has 1 saturated carbocycles. The number of H-pyrrole nitrogens is 1. The lowest BCUT2D eigenvalue weighted by Crippen LogP contribution is -2.20. The van der Waals surface area contributed by atoms with Crippen LogP contribution in [0.2, 0.25) is 56.2 Å². The molecule has 2 aliphatic heterocycles. The Morgan fingerprint density at radius 1 is 0.495 bits per heavy atom. The molecule has 19 nitrogen and oxygen atoms in total. The summed E-state index contributed by atoms with van der Waals surface area (Å²) in [5.41, 5.74) is 20.1. The number of anilines is 2. The van der Waals surface area contributed by atoms with E-state index >= 15 is 0 Å². The molecule has 0 spiro atoms. The number of phenolic OH excluding ortho intramolecular Hbond substituents is 1. The number of aromatic hydroxyl groups is 1. The molecule has 2 saturated heterocycles. The van der Waals surface area contributed by atoms with Crippen molar-refractivity contribution >= 4 is 145 Å². The van der Waals surface area contributed by atoms with Crippen LogP contribution in [0.1, 0.15) is 168 Å². The number of aromatic nitrogens is 10. The predicted molar refractivity (Wildman–Crippen MR) is 384 cm³/mol. The number of nitrogens with two attached hydrogens (primary N) is 2. The van der Waals surface area contributed by atoms with Crippen LogP contribution in [-0.4, -0.2) is 93.0 Å². The van der Waals surface area contributed by atoms with Crippen molar-refractivity contribution in [2.45, 2.75) is 156 Å². The summed E-state index contributed by atoms with van der Waals surface area (Å²) in [6, 6.07) is 9.57. The number of carbonyl (C=O) groups excluding carboxylic acids is 1. The highest BCUT2D eigenvalue weighted by Gasteiger charge is 2.30. The average molecular weight is 1520 g/mol. The Hall–Kier alpha value is -5.00. The number of ketones is 1. The number of likely N-dealkylation sites (tertiary alicyclic amines) is 1. The zero-order valence-electron chi connectivity index (χ0n) is 53.2. The molecular formula is C65H75Cl11N14O5. The number of aromatic amines is 1. The van der Waals surface area contributed by atoms with E-state index in [0.29, 0.717) is 93.7 Å². The second kappa shape index (κ2) is 37.3. The number of carbonyl (C=O) groups is 1. The summed E-state index contributed by atoms with van der Waals surface area (Å²) in [6.45, 7) is 17.7. The van der Waals surface area contributed by atoms with E-state index in [1.165, 1.54) is 76.8 Å². The van der Waals surface area contributed by atoms with E-state index in [1.54, 1.807) is 30.0 Å². The minimum atomic E-state index is -0.150. The van der Waals surface area contributed by atoms with Gasteiger partial charge >= 0.3 is 0 Å². The predicted octanol–water partition coefficient (Wildman–Crippen LogP) is 18.9. The summed E-state index contributed by atoms with van der Waals surface area (Å²) in [6.07, 6.45) is 19.4. The Balaban J connectivity index is 0.000000160. The van der Waals surface area contributed by atoms with Crippen LogP contribution in [0.3, 0.4) is 0 Å². The van der Waals surface area contributed by atoms with Gasteiger partial charge in [0, 0.05) is 70.3 Å². The number of fused-ring (bicyclic) bond motifs is 3. The largest absolute Gasteiger partial charge is 0.505 e. The molecule has 3 aromatic carbocycles. The van der Waals surface area contributed by atoms with Crippen molar-refractivity contribution in [3.63, 3.8) is 0 Å². The number of rotatable bonds is 5. The van der Waals surface area contributed by atoms with Crippen LogP contribution in [0, 0.1) is 18.8 Å². The van der Waals surface area contributed by atoms with E-state index < -0.39 is 0 Å². The van der Waals surface area contributed by atoms with Crippen molar-refractivity contribution in [2.75, 3.05) is 37.6 Å². The van der Waals surface area contributed by atoms with Gasteiger partial charge in [-0.2, -0.15) is 0 Å². The standard InChI is InChI=1S/C15H14Cl2N2O2.C14H12Cl3N3O.C10H17N.C8H8Cl2N2.C6H5Cl2NO.C6H10O.C4H9N.C2Cl2N4/c1-7-5-10(16)13(11(17)6-7)21-15-9-4-3-8(2)12(9)14(20)18-19-15;1-6-2-3-8-11(6)13(17)19-20-14(8)21-12-9(15)4-7(18)5-10(12)16;1-9-5-4-6-10(9)11-7-2-3-8-11;1-4-2-3-5-6(4)8(10)12-11-7(5)9;7-4-1-3(9)2-5(8)6(4)10;1-5-3-2-4-6(5)7;1-2-4-5-3-1;3-1-5-7-2(4)8-6-1/h5-6,8H,3-4H2,1-2H3,(H,18,20);4-6H,2-3,18H2,1H3;6,9H,2-5,7-8H2,1H3;4H,2-3H2,1H3;1-2,10H,9H2;5H,2-4H2,1H3;5H,1-4H2;. The second-order valence-corrected chi connectivity index (χ2v) is 28.0. The molecule has 0 radical (unpaired) electrons. The van der Waals surface area contributed by atoms with E-state index in [9.17, 15) is 9.59 Å². The summed E-state index contributed by atoms with van der Waals surface area (Å²) >= 11 is 64.0. The maximum Gasteiger partial charge on any atom is 0.268 e. The molecule has 30 heteroatoms. The summed E-state index contributed by atoms with van der Waals surface area (Å²) in [5.74, 6) is 4.02. The van der Waals surface area contributed by atoms with Crippen LogP contribution in [0.15, 0.2) is 53.0 Å². The normalized spacial score (nSPS) is 19.1. The highest BCUT2D eigenvalue weighted by atomic mass is 35.5. The first-order valence-electron chi connectivity index (χ1n) is 31.2. The van der Waals surface area contributed by atoms with Crippen LogP contribution in [0.25, 0.3) is 0 Å². The van der Waals surface area contributed by atoms with E-state index in [4.69, 9.17) is 154 Å². The number of allylic oxidation sites excluding steroid dienone is 2. The maximum atomic E-state index is 11.9. The molecule has 6 heterocycles. The Labute approximate surface area is 608 Å². The minimum absolute atomic E-state index is 0.00519. The van der Waals surface area contributed by atoms with Gasteiger partial charge in [-0.05, 0) is 204 Å². The van der Waals surface area contributed by atoms with Gasteiger partial charge in [0.2, 0.25) is 11.8 Å². The molecule has 95 heavy (non-hydrogen) atoms. The average Bonchev–Trinajstić information content (AvgIpc) is 1.71. The first kappa shape index (κ1) is 77.4. The Morgan fingerprint density at radius 2 is 0.947 bits per heavy atom. The van der Waals surface area contributed by atoms with Gasteiger partial charge in [-0.3, -0.25) is 9.59 Å². The van der Waals surface area contributed by atoms with Crippen molar-refractivity contribution in [3.8, 4) is 29.0 Å². The molecule has 5 atom stereocenters. The zero-order valence-corrected chi connectivity index (χ0v) is 61.5. The quantitative estimate of drug-likeness (QED) is 0.0791. The molecule has 7 N–H and O–H groups in total. The highest BCUT2D eigenvalue weighted by molar-refractivity contribution is 6.39. The number of benzene rings is 3. The van der Waals surface area contributed by atoms with E-state index in [0.717, 1.165) is 103 Å². The number of halogens is 11. The van der Waals surface area contributed by atoms with Gasteiger partial charge in [-0.1, -0.05) is 145 Å². The van der Waals surface area contributed by atoms with Crippen molar-refractivity contribution in [3.05, 3.63) is 154 Å². The molecule has 512 valence electrons. The van der Waals surface area contributed by atoms with Gasteiger partial charge in [0.25, 0.3) is 16.1 Å². The van der Waals surface area contributed by atoms with Crippen molar-refractivity contribution in [1.82, 2.24) is 61.2 Å². The Morgan fingerprint density at radius 3 is 1.40 bits per heavy atom. The molecule has 3 fully saturated rings. The summed E-state index contributed by atoms with van der Waals surface area (Å²) < 4.78 is 11.6. The van der Waals surface area contributed by atoms with E-state index in [1.807, 2.05) is 20.8 Å². The lowest BCUT2D eigenvalue weighted by molar-refractivity contribution is -0.120. The van der Waals surface area contributed by atoms with Crippen LogP contribution >= 0.6 is 128 Å². The molecule has 0 bridgehead atoms. The van der Waals surface area contributed by atoms with Crippen molar-refractivity contribution in [1.29, 1.82) is 0 Å².